The first-order valence-electron chi connectivity index (χ1n) is 7.77. The van der Waals surface area contributed by atoms with Crippen LogP contribution in [0, 0.1) is 0 Å². The highest BCUT2D eigenvalue weighted by Gasteiger charge is 2.09. The van der Waals surface area contributed by atoms with Crippen molar-refractivity contribution in [1.29, 1.82) is 0 Å². The van der Waals surface area contributed by atoms with Crippen LogP contribution in [-0.2, 0) is 6.54 Å². The number of benzene rings is 1. The van der Waals surface area contributed by atoms with Gasteiger partial charge in [0, 0.05) is 12.5 Å². The fourth-order valence-electron chi connectivity index (χ4n) is 2.56. The number of rotatable bonds is 9. The molecule has 2 heteroatoms. The van der Waals surface area contributed by atoms with Crippen LogP contribution in [0.25, 0.3) is 10.2 Å². The summed E-state index contributed by atoms with van der Waals surface area (Å²) in [5, 5.41) is 0. The van der Waals surface area contributed by atoms with Gasteiger partial charge in [0.05, 0.1) is 0 Å². The van der Waals surface area contributed by atoms with Crippen LogP contribution < -0.4 is 4.57 Å². The van der Waals surface area contributed by atoms with Gasteiger partial charge in [-0.2, -0.15) is 4.57 Å². The summed E-state index contributed by atoms with van der Waals surface area (Å²) < 4.78 is 3.82. The summed E-state index contributed by atoms with van der Waals surface area (Å²) in [5.74, 6) is 0. The second-order valence-corrected chi connectivity index (χ2v) is 6.25. The number of thiazole rings is 1. The van der Waals surface area contributed by atoms with Gasteiger partial charge in [-0.05, 0) is 12.5 Å². The van der Waals surface area contributed by atoms with Crippen LogP contribution in [0.4, 0.5) is 0 Å². The van der Waals surface area contributed by atoms with E-state index in [4.69, 9.17) is 0 Å². The molecule has 19 heavy (non-hydrogen) atoms. The Kier molecular flexibility index (Phi) is 6.35. The molecule has 1 nitrogen and oxygen atoms in total. The van der Waals surface area contributed by atoms with E-state index in [1.54, 1.807) is 0 Å². The van der Waals surface area contributed by atoms with Crippen LogP contribution in [0.5, 0.6) is 0 Å². The third kappa shape index (κ3) is 4.61. The zero-order chi connectivity index (χ0) is 13.3. The SMILES string of the molecule is CCCCCCCCCC[n+]1csc2ccccc21. The Morgan fingerprint density at radius 1 is 0.895 bits per heavy atom. The van der Waals surface area contributed by atoms with Crippen molar-refractivity contribution in [2.45, 2.75) is 64.8 Å². The number of nitrogens with zero attached hydrogens (tertiary/aromatic N) is 1. The predicted octanol–water partition coefficient (Wildman–Crippen LogP) is 5.33. The molecule has 0 N–H and O–H groups in total. The lowest BCUT2D eigenvalue weighted by atomic mass is 10.1. The summed E-state index contributed by atoms with van der Waals surface area (Å²) >= 11 is 1.85. The van der Waals surface area contributed by atoms with Crippen LogP contribution >= 0.6 is 11.3 Å². The molecule has 0 aliphatic heterocycles. The van der Waals surface area contributed by atoms with E-state index in [9.17, 15) is 0 Å². The molecule has 1 heterocycles. The lowest BCUT2D eigenvalue weighted by molar-refractivity contribution is -0.667. The molecule has 0 radical (unpaired) electrons. The zero-order valence-electron chi connectivity index (χ0n) is 12.1. The predicted molar refractivity (Wildman–Crippen MR) is 84.6 cm³/mol. The number of aryl methyl sites for hydroxylation is 1. The number of hydrogen-bond acceptors (Lipinski definition) is 1. The van der Waals surface area contributed by atoms with Gasteiger partial charge in [-0.25, -0.2) is 0 Å². The van der Waals surface area contributed by atoms with E-state index in [0.29, 0.717) is 0 Å². The van der Waals surface area contributed by atoms with Crippen LogP contribution in [0.15, 0.2) is 29.8 Å². The number of unbranched alkanes of at least 4 members (excludes halogenated alkanes) is 7. The van der Waals surface area contributed by atoms with Crippen molar-refractivity contribution in [3.63, 3.8) is 0 Å². The molecule has 0 aliphatic rings. The first-order chi connectivity index (χ1) is 9.42. The summed E-state index contributed by atoms with van der Waals surface area (Å²) in [6.45, 7) is 3.46. The molecule has 0 unspecified atom stereocenters. The summed E-state index contributed by atoms with van der Waals surface area (Å²) in [6, 6.07) is 8.71. The minimum Gasteiger partial charge on any atom is -0.188 e. The Morgan fingerprint density at radius 3 is 2.37 bits per heavy atom. The van der Waals surface area contributed by atoms with Gasteiger partial charge in [0.25, 0.3) is 0 Å². The molecule has 1 aromatic heterocycles. The maximum Gasteiger partial charge on any atom is 0.225 e. The fraction of sp³-hybridized carbons (Fsp3) is 0.588. The molecule has 0 bridgehead atoms. The Hall–Kier alpha value is -0.890. The molecule has 0 fully saturated rings. The maximum atomic E-state index is 2.41. The third-order valence-corrected chi connectivity index (χ3v) is 4.69. The molecule has 2 rings (SSSR count). The van der Waals surface area contributed by atoms with Crippen molar-refractivity contribution >= 4 is 21.6 Å². The summed E-state index contributed by atoms with van der Waals surface area (Å²) in [5.41, 5.74) is 3.67. The molecule has 0 saturated heterocycles. The highest BCUT2D eigenvalue weighted by Crippen LogP contribution is 2.15. The summed E-state index contributed by atoms with van der Waals surface area (Å²) in [7, 11) is 0. The van der Waals surface area contributed by atoms with Crippen molar-refractivity contribution in [3.8, 4) is 0 Å². The smallest absolute Gasteiger partial charge is 0.188 e. The van der Waals surface area contributed by atoms with E-state index < -0.39 is 0 Å². The molecule has 0 amide bonds. The minimum absolute atomic E-state index is 1.18. The Morgan fingerprint density at radius 2 is 1.58 bits per heavy atom. The number of hydrogen-bond donors (Lipinski definition) is 0. The molecule has 104 valence electrons. The van der Waals surface area contributed by atoms with Gasteiger partial charge < -0.3 is 0 Å². The van der Waals surface area contributed by atoms with Gasteiger partial charge in [0.15, 0.2) is 0 Å². The van der Waals surface area contributed by atoms with E-state index in [1.165, 1.54) is 68.1 Å². The highest BCUT2D eigenvalue weighted by molar-refractivity contribution is 7.16. The molecule has 0 aliphatic carbocycles. The van der Waals surface area contributed by atoms with Crippen molar-refractivity contribution in [2.75, 3.05) is 0 Å². The van der Waals surface area contributed by atoms with E-state index in [0.717, 1.165) is 0 Å². The van der Waals surface area contributed by atoms with Gasteiger partial charge in [0.2, 0.25) is 11.0 Å². The quantitative estimate of drug-likeness (QED) is 0.430. The number of para-hydroxylation sites is 1. The standard InChI is InChI=1S/C17H26NS/c1-2-3-4-5-6-7-8-11-14-18-15-19-17-13-10-9-12-16(17)18/h9-10,12-13,15H,2-8,11,14H2,1H3/q+1. The molecule has 1 aromatic carbocycles. The molecular formula is C17H26NS+. The Labute approximate surface area is 121 Å². The van der Waals surface area contributed by atoms with Gasteiger partial charge >= 0.3 is 0 Å². The normalized spacial score (nSPS) is 11.2. The molecule has 0 atom stereocenters. The average Bonchev–Trinajstić information content (AvgIpc) is 2.85. The molecule has 2 aromatic rings. The zero-order valence-corrected chi connectivity index (χ0v) is 12.9. The summed E-state index contributed by atoms with van der Waals surface area (Å²) in [4.78, 5) is 0. The first-order valence-corrected chi connectivity index (χ1v) is 8.65. The van der Waals surface area contributed by atoms with Crippen LogP contribution in [0.2, 0.25) is 0 Å². The molecular weight excluding hydrogens is 250 g/mol. The maximum absolute atomic E-state index is 2.41. The lowest BCUT2D eigenvalue weighted by Crippen LogP contribution is -2.31. The van der Waals surface area contributed by atoms with Gasteiger partial charge in [0.1, 0.15) is 11.2 Å². The topological polar surface area (TPSA) is 3.88 Å². The number of fused-ring (bicyclic) bond motifs is 1. The van der Waals surface area contributed by atoms with Crippen LogP contribution in [0.3, 0.4) is 0 Å². The van der Waals surface area contributed by atoms with E-state index in [2.05, 4.69) is 41.3 Å². The monoisotopic (exact) mass is 276 g/mol. The fourth-order valence-corrected chi connectivity index (χ4v) is 3.48. The second kappa shape index (κ2) is 8.31. The third-order valence-electron chi connectivity index (χ3n) is 3.73. The Bertz CT molecular complexity index is 475. The van der Waals surface area contributed by atoms with Crippen molar-refractivity contribution in [3.05, 3.63) is 29.8 Å². The molecule has 0 saturated carbocycles. The van der Waals surface area contributed by atoms with Crippen molar-refractivity contribution < 1.29 is 4.57 Å². The van der Waals surface area contributed by atoms with Crippen molar-refractivity contribution in [1.82, 2.24) is 0 Å². The van der Waals surface area contributed by atoms with Crippen LogP contribution in [0.1, 0.15) is 58.3 Å². The van der Waals surface area contributed by atoms with Crippen LogP contribution in [-0.4, -0.2) is 0 Å². The lowest BCUT2D eigenvalue weighted by Gasteiger charge is -1.99. The van der Waals surface area contributed by atoms with E-state index >= 15 is 0 Å². The second-order valence-electron chi connectivity index (χ2n) is 5.36. The summed E-state index contributed by atoms with van der Waals surface area (Å²) in [6.07, 6.45) is 11.2. The molecule has 0 spiro atoms. The largest absolute Gasteiger partial charge is 0.225 e. The van der Waals surface area contributed by atoms with Gasteiger partial charge in [-0.1, -0.05) is 68.9 Å². The number of aromatic nitrogens is 1. The highest BCUT2D eigenvalue weighted by atomic mass is 32.1. The first kappa shape index (κ1) is 14.5. The average molecular weight is 276 g/mol. The Balaban J connectivity index is 1.63. The van der Waals surface area contributed by atoms with E-state index in [1.807, 2.05) is 11.3 Å². The van der Waals surface area contributed by atoms with Crippen molar-refractivity contribution in [2.24, 2.45) is 0 Å². The van der Waals surface area contributed by atoms with Gasteiger partial charge in [-0.15, -0.1) is 0 Å². The minimum atomic E-state index is 1.18. The van der Waals surface area contributed by atoms with E-state index in [-0.39, 0.29) is 0 Å². The van der Waals surface area contributed by atoms with Gasteiger partial charge in [-0.3, -0.25) is 0 Å².